The minimum Gasteiger partial charge on any atom is -0.466 e. The molecule has 0 spiro atoms. The molecule has 1 aliphatic heterocycles. The summed E-state index contributed by atoms with van der Waals surface area (Å²) in [5.41, 5.74) is 0.753. The average Bonchev–Trinajstić information content (AvgIpc) is 2.43. The quantitative estimate of drug-likeness (QED) is 0.846. The van der Waals surface area contributed by atoms with Crippen LogP contribution in [0.15, 0.2) is 18.2 Å². The number of rotatable bonds is 4. The van der Waals surface area contributed by atoms with Crippen LogP contribution in [-0.4, -0.2) is 25.7 Å². The van der Waals surface area contributed by atoms with Crippen molar-refractivity contribution in [3.63, 3.8) is 0 Å². The van der Waals surface area contributed by atoms with Crippen molar-refractivity contribution in [1.29, 1.82) is 0 Å². The van der Waals surface area contributed by atoms with Crippen LogP contribution in [0, 0.1) is 17.6 Å². The summed E-state index contributed by atoms with van der Waals surface area (Å²) in [5, 5.41) is 0. The van der Waals surface area contributed by atoms with Crippen LogP contribution in [-0.2, 0) is 16.1 Å². The number of benzene rings is 1. The van der Waals surface area contributed by atoms with Gasteiger partial charge >= 0.3 is 5.97 Å². The number of hydrogen-bond donors (Lipinski definition) is 1. The number of esters is 1. The SMILES string of the molecule is CCOC(=O)[C@@H]1CCC[NH+](Cc2ccc(F)c(F)c2)C1. The van der Waals surface area contributed by atoms with E-state index in [-0.39, 0.29) is 11.9 Å². The number of quaternary nitrogens is 1. The Bertz CT molecular complexity index is 479. The van der Waals surface area contributed by atoms with Gasteiger partial charge in [-0.1, -0.05) is 6.07 Å². The van der Waals surface area contributed by atoms with Crippen molar-refractivity contribution in [2.24, 2.45) is 5.92 Å². The van der Waals surface area contributed by atoms with E-state index in [1.807, 2.05) is 0 Å². The molecule has 1 fully saturated rings. The van der Waals surface area contributed by atoms with Gasteiger partial charge in [0.2, 0.25) is 0 Å². The molecule has 1 aromatic carbocycles. The zero-order chi connectivity index (χ0) is 14.5. The van der Waals surface area contributed by atoms with Crippen molar-refractivity contribution in [2.75, 3.05) is 19.7 Å². The van der Waals surface area contributed by atoms with Crippen molar-refractivity contribution in [3.05, 3.63) is 35.4 Å². The van der Waals surface area contributed by atoms with Gasteiger partial charge in [0.05, 0.1) is 19.7 Å². The minimum absolute atomic E-state index is 0.0796. The lowest BCUT2D eigenvalue weighted by molar-refractivity contribution is -0.921. The highest BCUT2D eigenvalue weighted by Crippen LogP contribution is 2.11. The van der Waals surface area contributed by atoms with Crippen molar-refractivity contribution >= 4 is 5.97 Å². The summed E-state index contributed by atoms with van der Waals surface area (Å²) in [6.45, 7) is 4.43. The third kappa shape index (κ3) is 3.76. The molecule has 2 rings (SSSR count). The Hall–Kier alpha value is -1.49. The Kier molecular flexibility index (Phi) is 5.06. The molecule has 0 bridgehead atoms. The van der Waals surface area contributed by atoms with Gasteiger partial charge in [0.15, 0.2) is 11.6 Å². The van der Waals surface area contributed by atoms with Crippen LogP contribution in [0.4, 0.5) is 8.78 Å². The number of carbonyl (C=O) groups excluding carboxylic acids is 1. The van der Waals surface area contributed by atoms with Crippen molar-refractivity contribution in [1.82, 2.24) is 0 Å². The van der Waals surface area contributed by atoms with Crippen molar-refractivity contribution in [2.45, 2.75) is 26.3 Å². The Morgan fingerprint density at radius 3 is 2.90 bits per heavy atom. The topological polar surface area (TPSA) is 30.7 Å². The van der Waals surface area contributed by atoms with E-state index in [0.717, 1.165) is 31.0 Å². The zero-order valence-corrected chi connectivity index (χ0v) is 11.6. The highest BCUT2D eigenvalue weighted by Gasteiger charge is 2.29. The molecule has 5 heteroatoms. The first-order valence-electron chi connectivity index (χ1n) is 7.04. The fourth-order valence-electron chi connectivity index (χ4n) is 2.71. The van der Waals surface area contributed by atoms with E-state index in [9.17, 15) is 13.6 Å². The van der Waals surface area contributed by atoms with Gasteiger partial charge in [0.1, 0.15) is 12.5 Å². The Labute approximate surface area is 117 Å². The average molecular weight is 284 g/mol. The van der Waals surface area contributed by atoms with E-state index >= 15 is 0 Å². The third-order valence-corrected chi connectivity index (χ3v) is 3.68. The number of likely N-dealkylation sites (tertiary alicyclic amines) is 1. The number of carbonyl (C=O) groups is 1. The predicted octanol–water partition coefficient (Wildman–Crippen LogP) is 1.32. The molecule has 1 aromatic rings. The largest absolute Gasteiger partial charge is 0.466 e. The van der Waals surface area contributed by atoms with Crippen molar-refractivity contribution in [3.8, 4) is 0 Å². The van der Waals surface area contributed by atoms with Gasteiger partial charge in [0.25, 0.3) is 0 Å². The number of hydrogen-bond acceptors (Lipinski definition) is 2. The molecule has 20 heavy (non-hydrogen) atoms. The minimum atomic E-state index is -0.827. The molecule has 1 unspecified atom stereocenters. The maximum atomic E-state index is 13.2. The van der Waals surface area contributed by atoms with Crippen LogP contribution in [0.5, 0.6) is 0 Å². The summed E-state index contributed by atoms with van der Waals surface area (Å²) in [6, 6.07) is 3.98. The Morgan fingerprint density at radius 1 is 1.40 bits per heavy atom. The number of ether oxygens (including phenoxy) is 1. The normalized spacial score (nSPS) is 22.6. The summed E-state index contributed by atoms with van der Waals surface area (Å²) >= 11 is 0. The van der Waals surface area contributed by atoms with Gasteiger partial charge in [0, 0.05) is 5.56 Å². The number of piperidine rings is 1. The van der Waals surface area contributed by atoms with E-state index < -0.39 is 11.6 Å². The Balaban J connectivity index is 1.95. The second-order valence-electron chi connectivity index (χ2n) is 5.22. The predicted molar refractivity (Wildman–Crippen MR) is 70.1 cm³/mol. The molecule has 110 valence electrons. The van der Waals surface area contributed by atoms with Gasteiger partial charge in [-0.05, 0) is 31.9 Å². The first kappa shape index (κ1) is 14.9. The molecule has 1 N–H and O–H groups in total. The molecular weight excluding hydrogens is 264 g/mol. The van der Waals surface area contributed by atoms with Crippen LogP contribution in [0.2, 0.25) is 0 Å². The van der Waals surface area contributed by atoms with Gasteiger partial charge < -0.3 is 9.64 Å². The molecule has 3 nitrogen and oxygen atoms in total. The lowest BCUT2D eigenvalue weighted by atomic mass is 9.97. The molecule has 1 saturated heterocycles. The standard InChI is InChI=1S/C15H19F2NO2/c1-2-20-15(19)12-4-3-7-18(10-12)9-11-5-6-13(16)14(17)8-11/h5-6,8,12H,2-4,7,9-10H2,1H3/p+1/t12-/m1/s1. The summed E-state index contributed by atoms with van der Waals surface area (Å²) in [6.07, 6.45) is 1.79. The van der Waals surface area contributed by atoms with E-state index in [2.05, 4.69) is 0 Å². The summed E-state index contributed by atoms with van der Waals surface area (Å²) < 4.78 is 31.1. The number of nitrogens with one attached hydrogen (secondary N) is 1. The van der Waals surface area contributed by atoms with E-state index in [0.29, 0.717) is 19.7 Å². The molecule has 1 heterocycles. The van der Waals surface area contributed by atoms with Gasteiger partial charge in [-0.25, -0.2) is 8.78 Å². The molecular formula is C15H20F2NO2+. The number of halogens is 2. The molecule has 0 amide bonds. The first-order valence-corrected chi connectivity index (χ1v) is 7.04. The summed E-state index contributed by atoms with van der Waals surface area (Å²) in [5.74, 6) is -1.87. The first-order chi connectivity index (χ1) is 9.60. The third-order valence-electron chi connectivity index (χ3n) is 3.68. The van der Waals surface area contributed by atoms with Gasteiger partial charge in [-0.15, -0.1) is 0 Å². The van der Waals surface area contributed by atoms with Gasteiger partial charge in [-0.3, -0.25) is 4.79 Å². The van der Waals surface area contributed by atoms with Crippen LogP contribution in [0.25, 0.3) is 0 Å². The summed E-state index contributed by atoms with van der Waals surface area (Å²) in [7, 11) is 0. The molecule has 0 radical (unpaired) electrons. The highest BCUT2D eigenvalue weighted by atomic mass is 19.2. The smallest absolute Gasteiger partial charge is 0.314 e. The lowest BCUT2D eigenvalue weighted by Crippen LogP contribution is -3.12. The second kappa shape index (κ2) is 6.79. The van der Waals surface area contributed by atoms with Crippen LogP contribution >= 0.6 is 0 Å². The monoisotopic (exact) mass is 284 g/mol. The lowest BCUT2D eigenvalue weighted by Gasteiger charge is -2.28. The molecule has 2 atom stereocenters. The molecule has 0 saturated carbocycles. The Morgan fingerprint density at radius 2 is 2.20 bits per heavy atom. The maximum absolute atomic E-state index is 13.2. The fourth-order valence-corrected chi connectivity index (χ4v) is 2.71. The fraction of sp³-hybridized carbons (Fsp3) is 0.533. The van der Waals surface area contributed by atoms with Crippen LogP contribution < -0.4 is 4.90 Å². The molecule has 0 aliphatic carbocycles. The van der Waals surface area contributed by atoms with E-state index in [1.165, 1.54) is 11.0 Å². The molecule has 1 aliphatic rings. The maximum Gasteiger partial charge on any atom is 0.314 e. The second-order valence-corrected chi connectivity index (χ2v) is 5.22. The van der Waals surface area contributed by atoms with Crippen LogP contribution in [0.1, 0.15) is 25.3 Å². The van der Waals surface area contributed by atoms with Gasteiger partial charge in [-0.2, -0.15) is 0 Å². The van der Waals surface area contributed by atoms with Crippen molar-refractivity contribution < 1.29 is 23.2 Å². The zero-order valence-electron chi connectivity index (χ0n) is 11.6. The van der Waals surface area contributed by atoms with E-state index in [4.69, 9.17) is 4.74 Å². The van der Waals surface area contributed by atoms with E-state index in [1.54, 1.807) is 13.0 Å². The summed E-state index contributed by atoms with van der Waals surface area (Å²) in [4.78, 5) is 13.0. The highest BCUT2D eigenvalue weighted by molar-refractivity contribution is 5.72. The molecule has 0 aromatic heterocycles. The van der Waals surface area contributed by atoms with Crippen LogP contribution in [0.3, 0.4) is 0 Å².